The zero-order chi connectivity index (χ0) is 12.5. The molecule has 6 nitrogen and oxygen atoms in total. The summed E-state index contributed by atoms with van der Waals surface area (Å²) >= 11 is 0. The van der Waals surface area contributed by atoms with Crippen LogP contribution >= 0.6 is 0 Å². The zero-order valence-electron chi connectivity index (χ0n) is 9.64. The number of nitrogens with zero attached hydrogens (tertiary/aromatic N) is 2. The average molecular weight is 254 g/mol. The van der Waals surface area contributed by atoms with Crippen LogP contribution in [0.5, 0.6) is 0 Å². The van der Waals surface area contributed by atoms with E-state index < -0.39 is 10.0 Å². The summed E-state index contributed by atoms with van der Waals surface area (Å²) in [5.41, 5.74) is 0.885. The number of aryl methyl sites for hydroxylation is 2. The van der Waals surface area contributed by atoms with Gasteiger partial charge >= 0.3 is 0 Å². The maximum Gasteiger partial charge on any atom is 0.264 e. The van der Waals surface area contributed by atoms with Crippen molar-refractivity contribution < 1.29 is 8.42 Å². The van der Waals surface area contributed by atoms with Crippen LogP contribution in [0.4, 0.5) is 5.82 Å². The molecule has 2 heterocycles. The molecule has 0 atom stereocenters. The van der Waals surface area contributed by atoms with Gasteiger partial charge in [0.25, 0.3) is 10.0 Å². The molecule has 0 spiro atoms. The molecule has 2 rings (SSSR count). The van der Waals surface area contributed by atoms with Gasteiger partial charge in [0.15, 0.2) is 5.82 Å². The van der Waals surface area contributed by atoms with Gasteiger partial charge in [-0.2, -0.15) is 5.10 Å². The number of anilines is 1. The molecule has 2 aromatic heterocycles. The van der Waals surface area contributed by atoms with Gasteiger partial charge in [-0.15, -0.1) is 0 Å². The zero-order valence-corrected chi connectivity index (χ0v) is 10.5. The molecule has 0 saturated carbocycles. The second-order valence-electron chi connectivity index (χ2n) is 3.75. The van der Waals surface area contributed by atoms with E-state index in [-0.39, 0.29) is 4.90 Å². The van der Waals surface area contributed by atoms with Crippen molar-refractivity contribution in [3.05, 3.63) is 30.2 Å². The van der Waals surface area contributed by atoms with Crippen LogP contribution in [-0.2, 0) is 23.5 Å². The number of H-pyrrole nitrogens is 1. The minimum atomic E-state index is -3.54. The Morgan fingerprint density at radius 3 is 2.82 bits per heavy atom. The first-order valence-corrected chi connectivity index (χ1v) is 6.68. The SMILES string of the molecule is CCc1cc(NS(=O)(=O)c2ccn(C)c2)n[nH]1. The van der Waals surface area contributed by atoms with Gasteiger partial charge in [-0.1, -0.05) is 6.92 Å². The smallest absolute Gasteiger partial charge is 0.264 e. The van der Waals surface area contributed by atoms with Crippen LogP contribution in [0.1, 0.15) is 12.6 Å². The quantitative estimate of drug-likeness (QED) is 0.857. The Labute approximate surface area is 99.7 Å². The Morgan fingerprint density at radius 2 is 2.29 bits per heavy atom. The number of rotatable bonds is 4. The molecule has 0 saturated heterocycles. The van der Waals surface area contributed by atoms with Gasteiger partial charge in [-0.25, -0.2) is 8.42 Å². The highest BCUT2D eigenvalue weighted by Crippen LogP contribution is 2.14. The normalized spacial score (nSPS) is 11.6. The Bertz CT molecular complexity index is 612. The third-order valence-corrected chi connectivity index (χ3v) is 3.71. The van der Waals surface area contributed by atoms with Crippen LogP contribution in [0.3, 0.4) is 0 Å². The van der Waals surface area contributed by atoms with Gasteiger partial charge in [0.1, 0.15) is 4.90 Å². The fraction of sp³-hybridized carbons (Fsp3) is 0.300. The maximum atomic E-state index is 11.9. The lowest BCUT2D eigenvalue weighted by Gasteiger charge is -2.01. The van der Waals surface area contributed by atoms with Crippen LogP contribution in [-0.4, -0.2) is 23.2 Å². The Morgan fingerprint density at radius 1 is 1.53 bits per heavy atom. The van der Waals surface area contributed by atoms with E-state index >= 15 is 0 Å². The molecule has 0 fully saturated rings. The fourth-order valence-electron chi connectivity index (χ4n) is 1.43. The largest absolute Gasteiger partial charge is 0.356 e. The van der Waals surface area contributed by atoms with Crippen LogP contribution in [0.25, 0.3) is 0 Å². The van der Waals surface area contributed by atoms with Gasteiger partial charge in [-0.05, 0) is 12.5 Å². The molecule has 2 aromatic rings. The lowest BCUT2D eigenvalue weighted by atomic mass is 10.3. The molecule has 0 aliphatic carbocycles. The summed E-state index contributed by atoms with van der Waals surface area (Å²) in [5.74, 6) is 0.311. The predicted octanol–water partition coefficient (Wildman–Crippen LogP) is 1.11. The lowest BCUT2D eigenvalue weighted by molar-refractivity contribution is 0.601. The third-order valence-electron chi connectivity index (χ3n) is 2.37. The molecule has 0 aromatic carbocycles. The van der Waals surface area contributed by atoms with E-state index in [1.54, 1.807) is 23.9 Å². The van der Waals surface area contributed by atoms with E-state index in [1.807, 2.05) is 6.92 Å². The number of aromatic amines is 1. The van der Waals surface area contributed by atoms with Crippen molar-refractivity contribution in [2.75, 3.05) is 4.72 Å². The molecule has 2 N–H and O–H groups in total. The Kier molecular flexibility index (Phi) is 2.93. The summed E-state index contributed by atoms with van der Waals surface area (Å²) in [6.45, 7) is 1.96. The summed E-state index contributed by atoms with van der Waals surface area (Å²) in [4.78, 5) is 0.223. The van der Waals surface area contributed by atoms with Crippen molar-refractivity contribution in [1.29, 1.82) is 0 Å². The second kappa shape index (κ2) is 4.25. The Hall–Kier alpha value is -1.76. The van der Waals surface area contributed by atoms with E-state index in [2.05, 4.69) is 14.9 Å². The number of hydrogen-bond acceptors (Lipinski definition) is 3. The third kappa shape index (κ3) is 2.50. The minimum Gasteiger partial charge on any atom is -0.356 e. The number of sulfonamides is 1. The van der Waals surface area contributed by atoms with Gasteiger partial charge in [0, 0.05) is 31.2 Å². The molecule has 7 heteroatoms. The van der Waals surface area contributed by atoms with E-state index in [0.717, 1.165) is 12.1 Å². The molecule has 0 bridgehead atoms. The van der Waals surface area contributed by atoms with E-state index in [0.29, 0.717) is 5.82 Å². The highest BCUT2D eigenvalue weighted by molar-refractivity contribution is 7.92. The van der Waals surface area contributed by atoms with Crippen LogP contribution in [0.15, 0.2) is 29.4 Å². The van der Waals surface area contributed by atoms with Gasteiger partial charge in [0.05, 0.1) is 0 Å². The summed E-state index contributed by atoms with van der Waals surface area (Å²) in [6, 6.07) is 3.22. The first kappa shape index (κ1) is 11.7. The average Bonchev–Trinajstić information content (AvgIpc) is 2.86. The number of aromatic nitrogens is 3. The molecular weight excluding hydrogens is 240 g/mol. The molecule has 92 valence electrons. The predicted molar refractivity (Wildman–Crippen MR) is 64.2 cm³/mol. The molecule has 0 amide bonds. The highest BCUT2D eigenvalue weighted by atomic mass is 32.2. The Balaban J connectivity index is 2.23. The van der Waals surface area contributed by atoms with Crippen molar-refractivity contribution in [2.45, 2.75) is 18.2 Å². The summed E-state index contributed by atoms with van der Waals surface area (Å²) in [5, 5.41) is 6.63. The molecule has 0 unspecified atom stereocenters. The fourth-order valence-corrected chi connectivity index (χ4v) is 2.47. The molecule has 17 heavy (non-hydrogen) atoms. The van der Waals surface area contributed by atoms with Crippen LogP contribution in [0.2, 0.25) is 0 Å². The van der Waals surface area contributed by atoms with Gasteiger partial charge < -0.3 is 4.57 Å². The monoisotopic (exact) mass is 254 g/mol. The first-order valence-electron chi connectivity index (χ1n) is 5.20. The summed E-state index contributed by atoms with van der Waals surface area (Å²) in [7, 11) is -1.77. The second-order valence-corrected chi connectivity index (χ2v) is 5.43. The highest BCUT2D eigenvalue weighted by Gasteiger charge is 2.16. The number of nitrogens with one attached hydrogen (secondary N) is 2. The van der Waals surface area contributed by atoms with Crippen LogP contribution in [0, 0.1) is 0 Å². The number of hydrogen-bond donors (Lipinski definition) is 2. The van der Waals surface area contributed by atoms with Crippen molar-refractivity contribution >= 4 is 15.8 Å². The van der Waals surface area contributed by atoms with Crippen molar-refractivity contribution in [1.82, 2.24) is 14.8 Å². The van der Waals surface area contributed by atoms with Gasteiger partial charge in [0.2, 0.25) is 0 Å². The van der Waals surface area contributed by atoms with Crippen molar-refractivity contribution in [3.63, 3.8) is 0 Å². The topological polar surface area (TPSA) is 79.8 Å². The van der Waals surface area contributed by atoms with E-state index in [1.165, 1.54) is 12.3 Å². The summed E-state index contributed by atoms with van der Waals surface area (Å²) < 4.78 is 28.0. The lowest BCUT2D eigenvalue weighted by Crippen LogP contribution is -2.12. The summed E-state index contributed by atoms with van der Waals surface area (Å²) in [6.07, 6.45) is 3.99. The van der Waals surface area contributed by atoms with Crippen molar-refractivity contribution in [2.24, 2.45) is 7.05 Å². The van der Waals surface area contributed by atoms with Crippen molar-refractivity contribution in [3.8, 4) is 0 Å². The van der Waals surface area contributed by atoms with E-state index in [9.17, 15) is 8.42 Å². The first-order chi connectivity index (χ1) is 8.01. The van der Waals surface area contributed by atoms with E-state index in [4.69, 9.17) is 0 Å². The molecule has 0 radical (unpaired) electrons. The standard InChI is InChI=1S/C10H14N4O2S/c1-3-8-6-10(12-11-8)13-17(15,16)9-4-5-14(2)7-9/h4-7H,3H2,1-2H3,(H2,11,12,13). The molecule has 0 aliphatic rings. The molecule has 0 aliphatic heterocycles. The minimum absolute atomic E-state index is 0.223. The van der Waals surface area contributed by atoms with Crippen LogP contribution < -0.4 is 4.72 Å². The maximum absolute atomic E-state index is 11.9. The molecular formula is C10H14N4O2S. The van der Waals surface area contributed by atoms with Gasteiger partial charge in [-0.3, -0.25) is 9.82 Å².